The Morgan fingerprint density at radius 2 is 1.89 bits per heavy atom. The highest BCUT2D eigenvalue weighted by Gasteiger charge is 2.06. The maximum atomic E-state index is 5.95. The molecule has 2 aromatic carbocycles. The van der Waals surface area contributed by atoms with Gasteiger partial charge in [0.1, 0.15) is 12.4 Å². The predicted octanol–water partition coefficient (Wildman–Crippen LogP) is 4.68. The van der Waals surface area contributed by atoms with Crippen LogP contribution in [0.1, 0.15) is 11.1 Å². The van der Waals surface area contributed by atoms with Crippen LogP contribution in [-0.2, 0) is 6.61 Å². The maximum Gasteiger partial charge on any atom is 0.145 e. The molecule has 0 saturated carbocycles. The zero-order valence-electron chi connectivity index (χ0n) is 9.91. The molecule has 4 heteroatoms. The molecule has 0 unspecified atom stereocenters. The largest absolute Gasteiger partial charge is 0.486 e. The van der Waals surface area contributed by atoms with Crippen LogP contribution in [0.4, 0.5) is 5.69 Å². The molecule has 2 N–H and O–H groups in total. The number of nitrogen functional groups attached to an aromatic ring is 1. The summed E-state index contributed by atoms with van der Waals surface area (Å²) in [5.74, 6) is 0.748. The SMILES string of the molecule is Cc1cc(Br)cc(N)c1OCc1cccc(Br)c1. The molecule has 0 fully saturated rings. The summed E-state index contributed by atoms with van der Waals surface area (Å²) in [5, 5.41) is 0. The molecule has 2 aromatic rings. The fraction of sp³-hybridized carbons (Fsp3) is 0.143. The molecule has 0 aliphatic rings. The molecular weight excluding hydrogens is 358 g/mol. The normalized spacial score (nSPS) is 10.4. The number of nitrogens with two attached hydrogens (primary N) is 1. The molecule has 0 spiro atoms. The van der Waals surface area contributed by atoms with Crippen LogP contribution in [0.3, 0.4) is 0 Å². The average Bonchev–Trinajstić information content (AvgIpc) is 2.27. The van der Waals surface area contributed by atoms with Gasteiger partial charge < -0.3 is 10.5 Å². The van der Waals surface area contributed by atoms with Gasteiger partial charge in [-0.05, 0) is 42.3 Å². The Balaban J connectivity index is 2.16. The van der Waals surface area contributed by atoms with Crippen LogP contribution in [0.5, 0.6) is 5.75 Å². The van der Waals surface area contributed by atoms with Crippen LogP contribution in [0, 0.1) is 6.92 Å². The molecule has 0 aliphatic carbocycles. The first-order valence-corrected chi connectivity index (χ1v) is 7.08. The zero-order valence-corrected chi connectivity index (χ0v) is 13.1. The molecule has 0 radical (unpaired) electrons. The van der Waals surface area contributed by atoms with Gasteiger partial charge in [-0.1, -0.05) is 44.0 Å². The van der Waals surface area contributed by atoms with Crippen molar-refractivity contribution in [3.63, 3.8) is 0 Å². The molecular formula is C14H13Br2NO. The van der Waals surface area contributed by atoms with Gasteiger partial charge in [0.25, 0.3) is 0 Å². The topological polar surface area (TPSA) is 35.2 Å². The lowest BCUT2D eigenvalue weighted by atomic mass is 10.2. The number of benzene rings is 2. The minimum absolute atomic E-state index is 0.506. The van der Waals surface area contributed by atoms with Crippen molar-refractivity contribution in [2.75, 3.05) is 5.73 Å². The minimum atomic E-state index is 0.506. The van der Waals surface area contributed by atoms with Gasteiger partial charge in [-0.15, -0.1) is 0 Å². The van der Waals surface area contributed by atoms with E-state index in [1.807, 2.05) is 43.3 Å². The van der Waals surface area contributed by atoms with Gasteiger partial charge in [-0.25, -0.2) is 0 Å². The summed E-state index contributed by atoms with van der Waals surface area (Å²) in [4.78, 5) is 0. The third kappa shape index (κ3) is 3.27. The highest BCUT2D eigenvalue weighted by atomic mass is 79.9. The summed E-state index contributed by atoms with van der Waals surface area (Å²) in [7, 11) is 0. The molecule has 0 heterocycles. The molecule has 0 saturated heterocycles. The Hall–Kier alpha value is -1.000. The standard InChI is InChI=1S/C14H13Br2NO/c1-9-5-12(16)7-13(17)14(9)18-8-10-3-2-4-11(15)6-10/h2-7H,8,17H2,1H3. The summed E-state index contributed by atoms with van der Waals surface area (Å²) in [5.41, 5.74) is 8.73. The van der Waals surface area contributed by atoms with E-state index in [4.69, 9.17) is 10.5 Å². The van der Waals surface area contributed by atoms with Gasteiger partial charge in [0, 0.05) is 8.95 Å². The maximum absolute atomic E-state index is 5.95. The second-order valence-electron chi connectivity index (χ2n) is 4.06. The van der Waals surface area contributed by atoms with Crippen molar-refractivity contribution >= 4 is 37.5 Å². The molecule has 18 heavy (non-hydrogen) atoms. The highest BCUT2D eigenvalue weighted by molar-refractivity contribution is 9.10. The lowest BCUT2D eigenvalue weighted by Crippen LogP contribution is -2.00. The van der Waals surface area contributed by atoms with Crippen LogP contribution in [0.15, 0.2) is 45.3 Å². The first kappa shape index (κ1) is 13.4. The van der Waals surface area contributed by atoms with E-state index in [2.05, 4.69) is 31.9 Å². The number of anilines is 1. The molecule has 0 bridgehead atoms. The van der Waals surface area contributed by atoms with Crippen LogP contribution in [0.2, 0.25) is 0 Å². The van der Waals surface area contributed by atoms with Crippen molar-refractivity contribution in [2.45, 2.75) is 13.5 Å². The summed E-state index contributed by atoms with van der Waals surface area (Å²) in [6.07, 6.45) is 0. The van der Waals surface area contributed by atoms with E-state index >= 15 is 0 Å². The van der Waals surface area contributed by atoms with Gasteiger partial charge in [-0.3, -0.25) is 0 Å². The molecule has 0 amide bonds. The molecule has 0 aromatic heterocycles. The molecule has 94 valence electrons. The third-order valence-electron chi connectivity index (χ3n) is 2.54. The number of hydrogen-bond donors (Lipinski definition) is 1. The lowest BCUT2D eigenvalue weighted by Gasteiger charge is -2.12. The summed E-state index contributed by atoms with van der Waals surface area (Å²) in [6.45, 7) is 2.49. The Kier molecular flexibility index (Phi) is 4.30. The Bertz CT molecular complexity index is 546. The Labute approximate surface area is 123 Å². The fourth-order valence-corrected chi connectivity index (χ4v) is 2.77. The number of aryl methyl sites for hydroxylation is 1. The van der Waals surface area contributed by atoms with Crippen LogP contribution < -0.4 is 10.5 Å². The Morgan fingerprint density at radius 1 is 1.11 bits per heavy atom. The molecule has 2 rings (SSSR count). The third-order valence-corrected chi connectivity index (χ3v) is 3.49. The average molecular weight is 371 g/mol. The summed E-state index contributed by atoms with van der Waals surface area (Å²) in [6, 6.07) is 11.9. The van der Waals surface area contributed by atoms with Crippen molar-refractivity contribution in [1.82, 2.24) is 0 Å². The lowest BCUT2D eigenvalue weighted by molar-refractivity contribution is 0.306. The van der Waals surface area contributed by atoms with Gasteiger partial charge in [0.05, 0.1) is 5.69 Å². The van der Waals surface area contributed by atoms with Gasteiger partial charge >= 0.3 is 0 Å². The van der Waals surface area contributed by atoms with Crippen molar-refractivity contribution < 1.29 is 4.74 Å². The van der Waals surface area contributed by atoms with Gasteiger partial charge in [0.15, 0.2) is 0 Å². The van der Waals surface area contributed by atoms with E-state index in [0.29, 0.717) is 12.3 Å². The number of halogens is 2. The second-order valence-corrected chi connectivity index (χ2v) is 5.89. The predicted molar refractivity (Wildman–Crippen MR) is 81.8 cm³/mol. The van der Waals surface area contributed by atoms with Crippen molar-refractivity contribution in [1.29, 1.82) is 0 Å². The monoisotopic (exact) mass is 369 g/mol. The molecule has 0 aliphatic heterocycles. The minimum Gasteiger partial charge on any atom is -0.486 e. The first-order valence-electron chi connectivity index (χ1n) is 5.49. The van der Waals surface area contributed by atoms with E-state index < -0.39 is 0 Å². The fourth-order valence-electron chi connectivity index (χ4n) is 1.74. The van der Waals surface area contributed by atoms with Gasteiger partial charge in [-0.2, -0.15) is 0 Å². The quantitative estimate of drug-likeness (QED) is 0.796. The smallest absolute Gasteiger partial charge is 0.145 e. The van der Waals surface area contributed by atoms with Crippen molar-refractivity contribution in [3.8, 4) is 5.75 Å². The molecule has 0 atom stereocenters. The Morgan fingerprint density at radius 3 is 2.56 bits per heavy atom. The van der Waals surface area contributed by atoms with E-state index in [-0.39, 0.29) is 0 Å². The van der Waals surface area contributed by atoms with E-state index in [1.54, 1.807) is 0 Å². The number of ether oxygens (including phenoxy) is 1. The summed E-state index contributed by atoms with van der Waals surface area (Å²) < 4.78 is 7.81. The van der Waals surface area contributed by atoms with Crippen molar-refractivity contribution in [2.24, 2.45) is 0 Å². The number of hydrogen-bond acceptors (Lipinski definition) is 2. The van der Waals surface area contributed by atoms with Crippen molar-refractivity contribution in [3.05, 3.63) is 56.5 Å². The zero-order chi connectivity index (χ0) is 13.1. The van der Waals surface area contributed by atoms with Crippen LogP contribution >= 0.6 is 31.9 Å². The first-order chi connectivity index (χ1) is 8.56. The van der Waals surface area contributed by atoms with Crippen LogP contribution in [-0.4, -0.2) is 0 Å². The van der Waals surface area contributed by atoms with Gasteiger partial charge in [0.2, 0.25) is 0 Å². The number of rotatable bonds is 3. The van der Waals surface area contributed by atoms with Crippen LogP contribution in [0.25, 0.3) is 0 Å². The summed E-state index contributed by atoms with van der Waals surface area (Å²) >= 11 is 6.85. The van der Waals surface area contributed by atoms with E-state index in [0.717, 1.165) is 25.8 Å². The second kappa shape index (κ2) is 5.76. The highest BCUT2D eigenvalue weighted by Crippen LogP contribution is 2.30. The van der Waals surface area contributed by atoms with E-state index in [1.165, 1.54) is 0 Å². The van der Waals surface area contributed by atoms with E-state index in [9.17, 15) is 0 Å². The molecule has 2 nitrogen and oxygen atoms in total.